The summed E-state index contributed by atoms with van der Waals surface area (Å²) in [5.41, 5.74) is 2.32. The Labute approximate surface area is 144 Å². The maximum absolute atomic E-state index is 10.5. The summed E-state index contributed by atoms with van der Waals surface area (Å²) in [5, 5.41) is 25.5. The molecule has 2 aromatic rings. The second-order valence-electron chi connectivity index (χ2n) is 6.92. The van der Waals surface area contributed by atoms with Crippen LogP contribution in [0, 0.1) is 0 Å². The van der Waals surface area contributed by atoms with Crippen LogP contribution < -0.4 is 0 Å². The van der Waals surface area contributed by atoms with Gasteiger partial charge in [0.2, 0.25) is 0 Å². The number of hydrogen-bond donors (Lipinski definition) is 2. The Morgan fingerprint density at radius 3 is 2.46 bits per heavy atom. The Morgan fingerprint density at radius 1 is 1.08 bits per heavy atom. The van der Waals surface area contributed by atoms with E-state index in [4.69, 9.17) is 0 Å². The molecule has 0 saturated heterocycles. The van der Waals surface area contributed by atoms with Gasteiger partial charge in [0.1, 0.15) is 11.5 Å². The number of aromatic hydroxyl groups is 2. The zero-order valence-electron chi connectivity index (χ0n) is 14.5. The second-order valence-corrected chi connectivity index (χ2v) is 6.92. The summed E-state index contributed by atoms with van der Waals surface area (Å²) in [6.45, 7) is 2.17. The van der Waals surface area contributed by atoms with E-state index >= 15 is 0 Å². The molecule has 0 atom stereocenters. The zero-order valence-corrected chi connectivity index (χ0v) is 14.5. The number of phenolic OH excluding ortho intramolecular Hbond substituents is 2. The fraction of sp³-hybridized carbons (Fsp3) is 0.550. The molecule has 3 rings (SSSR count). The second kappa shape index (κ2) is 7.73. The van der Waals surface area contributed by atoms with Crippen LogP contribution in [0.4, 0.5) is 0 Å². The molecule has 0 spiro atoms. The summed E-state index contributed by atoms with van der Waals surface area (Å²) in [4.78, 5) is 0. The minimum absolute atomic E-state index is 0.152. The topological polar surface area (TPSA) is 58.3 Å². The van der Waals surface area contributed by atoms with E-state index in [2.05, 4.69) is 12.0 Å². The first-order chi connectivity index (χ1) is 11.7. The number of phenols is 2. The SMILES string of the molecule is CCCCCc1cc(O)c(-c2ccnn2C2CCCCC2)c(O)c1. The van der Waals surface area contributed by atoms with Gasteiger partial charge in [0.25, 0.3) is 0 Å². The summed E-state index contributed by atoms with van der Waals surface area (Å²) >= 11 is 0. The molecule has 2 N–H and O–H groups in total. The van der Waals surface area contributed by atoms with Crippen LogP contribution in [-0.2, 0) is 6.42 Å². The van der Waals surface area contributed by atoms with Gasteiger partial charge in [-0.2, -0.15) is 5.10 Å². The van der Waals surface area contributed by atoms with Crippen molar-refractivity contribution in [3.8, 4) is 22.8 Å². The molecule has 0 bridgehead atoms. The summed E-state index contributed by atoms with van der Waals surface area (Å²) < 4.78 is 1.99. The summed E-state index contributed by atoms with van der Waals surface area (Å²) in [5.74, 6) is 0.304. The van der Waals surface area contributed by atoms with E-state index in [1.165, 1.54) is 19.3 Å². The number of hydrogen-bond acceptors (Lipinski definition) is 3. The minimum Gasteiger partial charge on any atom is -0.507 e. The van der Waals surface area contributed by atoms with Crippen molar-refractivity contribution in [2.45, 2.75) is 70.8 Å². The number of aromatic nitrogens is 2. The van der Waals surface area contributed by atoms with Crippen molar-refractivity contribution in [3.05, 3.63) is 30.0 Å². The van der Waals surface area contributed by atoms with Crippen molar-refractivity contribution in [3.63, 3.8) is 0 Å². The van der Waals surface area contributed by atoms with Gasteiger partial charge in [0.05, 0.1) is 17.3 Å². The van der Waals surface area contributed by atoms with Crippen LogP contribution in [0.15, 0.2) is 24.4 Å². The van der Waals surface area contributed by atoms with Gasteiger partial charge in [0.15, 0.2) is 0 Å². The smallest absolute Gasteiger partial charge is 0.128 e. The van der Waals surface area contributed by atoms with Crippen molar-refractivity contribution in [1.29, 1.82) is 0 Å². The van der Waals surface area contributed by atoms with Gasteiger partial charge in [-0.25, -0.2) is 0 Å². The van der Waals surface area contributed by atoms with E-state index in [0.29, 0.717) is 11.6 Å². The number of aryl methyl sites for hydroxylation is 1. The van der Waals surface area contributed by atoms with E-state index in [0.717, 1.165) is 49.8 Å². The predicted molar refractivity (Wildman–Crippen MR) is 96.3 cm³/mol. The first kappa shape index (κ1) is 16.9. The van der Waals surface area contributed by atoms with Crippen molar-refractivity contribution in [2.75, 3.05) is 0 Å². The van der Waals surface area contributed by atoms with E-state index in [-0.39, 0.29) is 11.5 Å². The Bertz CT molecular complexity index is 649. The first-order valence-corrected chi connectivity index (χ1v) is 9.29. The maximum atomic E-state index is 10.5. The number of benzene rings is 1. The van der Waals surface area contributed by atoms with E-state index < -0.39 is 0 Å². The highest BCUT2D eigenvalue weighted by Gasteiger charge is 2.22. The average molecular weight is 328 g/mol. The van der Waals surface area contributed by atoms with Gasteiger partial charge < -0.3 is 10.2 Å². The molecule has 4 nitrogen and oxygen atoms in total. The summed E-state index contributed by atoms with van der Waals surface area (Å²) in [6.07, 6.45) is 12.0. The summed E-state index contributed by atoms with van der Waals surface area (Å²) in [6, 6.07) is 5.85. The Morgan fingerprint density at radius 2 is 1.79 bits per heavy atom. The molecular formula is C20H28N2O2. The minimum atomic E-state index is 0.152. The average Bonchev–Trinajstić information content (AvgIpc) is 3.04. The van der Waals surface area contributed by atoms with Crippen LogP contribution in [-0.4, -0.2) is 20.0 Å². The molecule has 1 aliphatic rings. The standard InChI is InChI=1S/C20H28N2O2/c1-2-3-5-8-15-13-18(23)20(19(24)14-15)17-11-12-21-22(17)16-9-6-4-7-10-16/h11-14,16,23-24H,2-10H2,1H3. The third kappa shape index (κ3) is 3.58. The zero-order chi connectivity index (χ0) is 16.9. The van der Waals surface area contributed by atoms with Gasteiger partial charge in [0, 0.05) is 6.20 Å². The molecule has 0 unspecified atom stereocenters. The highest BCUT2D eigenvalue weighted by Crippen LogP contribution is 2.41. The van der Waals surface area contributed by atoms with Gasteiger partial charge in [-0.05, 0) is 49.4 Å². The lowest BCUT2D eigenvalue weighted by Crippen LogP contribution is -2.15. The molecule has 4 heteroatoms. The van der Waals surface area contributed by atoms with Crippen molar-refractivity contribution >= 4 is 0 Å². The fourth-order valence-corrected chi connectivity index (χ4v) is 3.78. The molecule has 24 heavy (non-hydrogen) atoms. The highest BCUT2D eigenvalue weighted by molar-refractivity contribution is 5.74. The number of rotatable bonds is 6. The molecule has 0 aliphatic heterocycles. The number of nitrogens with zero attached hydrogens (tertiary/aromatic N) is 2. The first-order valence-electron chi connectivity index (χ1n) is 9.29. The normalized spacial score (nSPS) is 15.7. The molecule has 1 aromatic carbocycles. The molecule has 0 amide bonds. The van der Waals surface area contributed by atoms with E-state index in [9.17, 15) is 10.2 Å². The van der Waals surface area contributed by atoms with Gasteiger partial charge >= 0.3 is 0 Å². The monoisotopic (exact) mass is 328 g/mol. The molecule has 1 aromatic heterocycles. The third-order valence-electron chi connectivity index (χ3n) is 5.07. The Hall–Kier alpha value is -1.97. The van der Waals surface area contributed by atoms with E-state index in [1.807, 2.05) is 10.7 Å². The molecule has 1 saturated carbocycles. The number of unbranched alkanes of at least 4 members (excludes halogenated alkanes) is 2. The molecule has 1 aliphatic carbocycles. The van der Waals surface area contributed by atoms with Gasteiger partial charge in [-0.15, -0.1) is 0 Å². The molecule has 0 radical (unpaired) electrons. The molecule has 130 valence electrons. The predicted octanol–water partition coefficient (Wildman–Crippen LogP) is 5.20. The lowest BCUT2D eigenvalue weighted by atomic mass is 9.95. The van der Waals surface area contributed by atoms with Crippen LogP contribution in [0.5, 0.6) is 11.5 Å². The highest BCUT2D eigenvalue weighted by atomic mass is 16.3. The summed E-state index contributed by atoms with van der Waals surface area (Å²) in [7, 11) is 0. The third-order valence-corrected chi connectivity index (χ3v) is 5.07. The van der Waals surface area contributed by atoms with Crippen molar-refractivity contribution in [1.82, 2.24) is 9.78 Å². The van der Waals surface area contributed by atoms with E-state index in [1.54, 1.807) is 18.3 Å². The van der Waals surface area contributed by atoms with Crippen molar-refractivity contribution in [2.24, 2.45) is 0 Å². The van der Waals surface area contributed by atoms with Crippen LogP contribution in [0.25, 0.3) is 11.3 Å². The van der Waals surface area contributed by atoms with Crippen molar-refractivity contribution < 1.29 is 10.2 Å². The Kier molecular flexibility index (Phi) is 5.44. The molecule has 1 fully saturated rings. The fourth-order valence-electron chi connectivity index (χ4n) is 3.78. The quantitative estimate of drug-likeness (QED) is 0.717. The Balaban J connectivity index is 1.88. The van der Waals surface area contributed by atoms with Crippen LogP contribution in [0.2, 0.25) is 0 Å². The lowest BCUT2D eigenvalue weighted by Gasteiger charge is -2.24. The van der Waals surface area contributed by atoms with Crippen LogP contribution >= 0.6 is 0 Å². The maximum Gasteiger partial charge on any atom is 0.128 e. The van der Waals surface area contributed by atoms with Gasteiger partial charge in [-0.1, -0.05) is 39.0 Å². The molecular weight excluding hydrogens is 300 g/mol. The largest absolute Gasteiger partial charge is 0.507 e. The van der Waals surface area contributed by atoms with Crippen LogP contribution in [0.3, 0.4) is 0 Å². The van der Waals surface area contributed by atoms with Gasteiger partial charge in [-0.3, -0.25) is 4.68 Å². The van der Waals surface area contributed by atoms with Crippen LogP contribution in [0.1, 0.15) is 69.9 Å². The molecule has 1 heterocycles. The lowest BCUT2D eigenvalue weighted by molar-refractivity contribution is 0.331.